The van der Waals surface area contributed by atoms with Gasteiger partial charge >= 0.3 is 11.9 Å². The maximum atomic E-state index is 14.2. The fraction of sp³-hybridized carbons (Fsp3) is 0.200. The number of hydrogen-bond donors (Lipinski definition) is 2. The minimum atomic E-state index is -1.05. The Morgan fingerprint density at radius 2 is 1.07 bits per heavy atom. The average molecular weight is 771 g/mol. The van der Waals surface area contributed by atoms with Gasteiger partial charge in [-0.1, -0.05) is 170 Å². The summed E-state index contributed by atoms with van der Waals surface area (Å²) < 4.78 is 11.4. The van der Waals surface area contributed by atoms with Gasteiger partial charge in [-0.15, -0.1) is 0 Å². The molecule has 0 bridgehead atoms. The largest absolute Gasteiger partial charge is 0.465 e. The van der Waals surface area contributed by atoms with Gasteiger partial charge in [0.2, 0.25) is 11.8 Å². The van der Waals surface area contributed by atoms with Crippen molar-refractivity contribution in [1.29, 1.82) is 0 Å². The Bertz CT molecular complexity index is 2190. The average Bonchev–Trinajstić information content (AvgIpc) is 3.59. The molecule has 2 atom stereocenters. The number of carbonyl (C=O) groups excluding carboxylic acids is 4. The van der Waals surface area contributed by atoms with E-state index >= 15 is 0 Å². The molecular formula is C50H46N2O6. The first-order valence-electron chi connectivity index (χ1n) is 19.7. The zero-order valence-electron chi connectivity index (χ0n) is 32.4. The lowest BCUT2D eigenvalue weighted by Crippen LogP contribution is -2.48. The second-order valence-electron chi connectivity index (χ2n) is 14.6. The fourth-order valence-corrected chi connectivity index (χ4v) is 7.80. The number of rotatable bonds is 16. The lowest BCUT2D eigenvalue weighted by molar-refractivity contribution is -0.150. The highest BCUT2D eigenvalue weighted by Gasteiger charge is 2.38. The highest BCUT2D eigenvalue weighted by molar-refractivity contribution is 5.89. The van der Waals surface area contributed by atoms with Crippen molar-refractivity contribution in [2.75, 3.05) is 6.61 Å². The second-order valence-corrected chi connectivity index (χ2v) is 14.6. The number of nitrogens with one attached hydrogen (secondary N) is 2. The van der Waals surface area contributed by atoms with E-state index in [4.69, 9.17) is 9.47 Å². The Balaban J connectivity index is 1.09. The molecule has 8 heteroatoms. The van der Waals surface area contributed by atoms with E-state index in [1.54, 1.807) is 0 Å². The van der Waals surface area contributed by atoms with Crippen molar-refractivity contribution in [3.05, 3.63) is 203 Å². The maximum Gasteiger partial charge on any atom is 0.328 e. The van der Waals surface area contributed by atoms with Gasteiger partial charge in [-0.05, 0) is 57.9 Å². The molecule has 6 aromatic rings. The summed E-state index contributed by atoms with van der Waals surface area (Å²) in [6, 6.07) is 53.6. The topological polar surface area (TPSA) is 111 Å². The molecule has 7 rings (SSSR count). The standard InChI is InChI=1S/C50H46N2O6/c1-35(49(56)58-33-36-18-6-2-7-19-36)51-48(55)37(32-47(54)57-34-45-43-28-16-14-26-41(43)42-27-15-17-29-44(42)45)30-31-46(53)52-50(38-20-8-3-9-21-38,39-22-10-4-11-23-39)40-24-12-5-13-25-40/h2-29,35,37,45H,30-34H2,1H3,(H,51,55)(H,52,53)/t35-,37+/m0/s1. The van der Waals surface area contributed by atoms with Crippen LogP contribution in [0.15, 0.2) is 170 Å². The first-order chi connectivity index (χ1) is 28.3. The van der Waals surface area contributed by atoms with Crippen molar-refractivity contribution >= 4 is 23.8 Å². The van der Waals surface area contributed by atoms with Gasteiger partial charge in [-0.25, -0.2) is 4.79 Å². The summed E-state index contributed by atoms with van der Waals surface area (Å²) in [6.45, 7) is 1.68. The number of carbonyl (C=O) groups is 4. The molecule has 0 radical (unpaired) electrons. The molecule has 0 aromatic heterocycles. The third-order valence-electron chi connectivity index (χ3n) is 10.8. The van der Waals surface area contributed by atoms with Crippen LogP contribution < -0.4 is 10.6 Å². The van der Waals surface area contributed by atoms with Crippen LogP contribution in [0, 0.1) is 5.92 Å². The molecule has 58 heavy (non-hydrogen) atoms. The second kappa shape index (κ2) is 18.4. The number of fused-ring (bicyclic) bond motifs is 3. The minimum absolute atomic E-state index is 0.0160. The van der Waals surface area contributed by atoms with Crippen LogP contribution in [-0.2, 0) is 40.8 Å². The van der Waals surface area contributed by atoms with Gasteiger partial charge in [0.05, 0.1) is 6.42 Å². The zero-order valence-corrected chi connectivity index (χ0v) is 32.4. The van der Waals surface area contributed by atoms with Crippen molar-refractivity contribution in [2.24, 2.45) is 5.92 Å². The maximum absolute atomic E-state index is 14.2. The molecular weight excluding hydrogens is 725 g/mol. The highest BCUT2D eigenvalue weighted by atomic mass is 16.5. The summed E-state index contributed by atoms with van der Waals surface area (Å²) in [7, 11) is 0. The van der Waals surface area contributed by atoms with Gasteiger partial charge in [-0.3, -0.25) is 14.4 Å². The summed E-state index contributed by atoms with van der Waals surface area (Å²) in [5.74, 6) is -3.20. The third kappa shape index (κ3) is 8.92. The third-order valence-corrected chi connectivity index (χ3v) is 10.8. The van der Waals surface area contributed by atoms with Crippen LogP contribution in [0.25, 0.3) is 11.1 Å². The van der Waals surface area contributed by atoms with Crippen molar-refractivity contribution in [3.8, 4) is 11.1 Å². The molecule has 2 amide bonds. The van der Waals surface area contributed by atoms with Crippen LogP contribution in [0.4, 0.5) is 0 Å². The monoisotopic (exact) mass is 770 g/mol. The van der Waals surface area contributed by atoms with Crippen LogP contribution in [-0.4, -0.2) is 36.4 Å². The Morgan fingerprint density at radius 1 is 0.603 bits per heavy atom. The molecule has 0 spiro atoms. The molecule has 8 nitrogen and oxygen atoms in total. The van der Waals surface area contributed by atoms with Crippen LogP contribution >= 0.6 is 0 Å². The van der Waals surface area contributed by atoms with E-state index in [2.05, 4.69) is 22.8 Å². The van der Waals surface area contributed by atoms with Gasteiger partial charge in [0.25, 0.3) is 0 Å². The van der Waals surface area contributed by atoms with Crippen LogP contribution in [0.1, 0.15) is 65.5 Å². The SMILES string of the molecule is C[C@H](NC(=O)[C@H](CCC(=O)NC(c1ccccc1)(c1ccccc1)c1ccccc1)CC(=O)OCC1c2ccccc2-c2ccccc21)C(=O)OCc1ccccc1. The summed E-state index contributed by atoms with van der Waals surface area (Å²) in [6.07, 6.45) is -0.361. The molecule has 1 aliphatic rings. The van der Waals surface area contributed by atoms with Crippen molar-refractivity contribution in [1.82, 2.24) is 10.6 Å². The van der Waals surface area contributed by atoms with Gasteiger partial charge in [0.1, 0.15) is 24.8 Å². The predicted molar refractivity (Wildman–Crippen MR) is 223 cm³/mol. The fourth-order valence-electron chi connectivity index (χ4n) is 7.80. The first kappa shape index (κ1) is 39.4. The van der Waals surface area contributed by atoms with Crippen molar-refractivity contribution in [2.45, 2.75) is 50.3 Å². The Morgan fingerprint density at radius 3 is 1.59 bits per heavy atom. The van der Waals surface area contributed by atoms with E-state index < -0.39 is 35.3 Å². The molecule has 292 valence electrons. The number of amides is 2. The summed E-state index contributed by atoms with van der Waals surface area (Å²) in [5.41, 5.74) is 6.69. The van der Waals surface area contributed by atoms with E-state index in [1.807, 2.05) is 158 Å². The van der Waals surface area contributed by atoms with Crippen molar-refractivity contribution in [3.63, 3.8) is 0 Å². The lowest BCUT2D eigenvalue weighted by atomic mass is 9.77. The summed E-state index contributed by atoms with van der Waals surface area (Å²) in [5, 5.41) is 6.08. The highest BCUT2D eigenvalue weighted by Crippen LogP contribution is 2.44. The number of benzene rings is 6. The van der Waals surface area contributed by atoms with E-state index in [9.17, 15) is 19.2 Å². The van der Waals surface area contributed by atoms with Crippen molar-refractivity contribution < 1.29 is 28.7 Å². The molecule has 0 aliphatic heterocycles. The molecule has 0 saturated carbocycles. The molecule has 0 heterocycles. The molecule has 0 fully saturated rings. The molecule has 0 unspecified atom stereocenters. The van der Waals surface area contributed by atoms with E-state index in [-0.39, 0.29) is 44.3 Å². The number of esters is 2. The van der Waals surface area contributed by atoms with Crippen LogP contribution in [0.5, 0.6) is 0 Å². The molecule has 0 saturated heterocycles. The van der Waals surface area contributed by atoms with Gasteiger partial charge < -0.3 is 20.1 Å². The Labute approximate surface area is 339 Å². The molecule has 2 N–H and O–H groups in total. The molecule has 1 aliphatic carbocycles. The number of hydrogen-bond acceptors (Lipinski definition) is 6. The van der Waals surface area contributed by atoms with Gasteiger partial charge in [0.15, 0.2) is 0 Å². The van der Waals surface area contributed by atoms with Gasteiger partial charge in [0, 0.05) is 18.3 Å². The zero-order chi connectivity index (χ0) is 40.3. The van der Waals surface area contributed by atoms with Crippen LogP contribution in [0.2, 0.25) is 0 Å². The molecule has 6 aromatic carbocycles. The van der Waals surface area contributed by atoms with E-state index in [1.165, 1.54) is 6.92 Å². The van der Waals surface area contributed by atoms with Gasteiger partial charge in [-0.2, -0.15) is 0 Å². The summed E-state index contributed by atoms with van der Waals surface area (Å²) >= 11 is 0. The quantitative estimate of drug-likeness (QED) is 0.0755. The smallest absolute Gasteiger partial charge is 0.328 e. The Kier molecular flexibility index (Phi) is 12.5. The Hall–Kier alpha value is -6.80. The van der Waals surface area contributed by atoms with E-state index in [0.29, 0.717) is 0 Å². The van der Waals surface area contributed by atoms with E-state index in [0.717, 1.165) is 44.5 Å². The first-order valence-corrected chi connectivity index (χ1v) is 19.7. The number of ether oxygens (including phenoxy) is 2. The normalized spacial score (nSPS) is 13.0. The predicted octanol–water partition coefficient (Wildman–Crippen LogP) is 8.49. The van der Waals surface area contributed by atoms with Crippen LogP contribution in [0.3, 0.4) is 0 Å². The minimum Gasteiger partial charge on any atom is -0.465 e. The summed E-state index contributed by atoms with van der Waals surface area (Å²) in [4.78, 5) is 54.8. The lowest BCUT2D eigenvalue weighted by Gasteiger charge is -2.37.